The molecule has 0 fully saturated rings. The zero-order chi connectivity index (χ0) is 18.8. The highest BCUT2D eigenvalue weighted by molar-refractivity contribution is 6.04. The van der Waals surface area contributed by atoms with E-state index in [2.05, 4.69) is 10.6 Å². The summed E-state index contributed by atoms with van der Waals surface area (Å²) in [6, 6.07) is 6.23. The first-order valence-electron chi connectivity index (χ1n) is 7.63. The molecule has 0 aliphatic heterocycles. The van der Waals surface area contributed by atoms with Gasteiger partial charge in [0.1, 0.15) is 6.26 Å². The molecule has 2 amide bonds. The molecule has 1 heterocycles. The Balaban J connectivity index is 2.17. The van der Waals surface area contributed by atoms with Gasteiger partial charge >= 0.3 is 5.97 Å². The molecule has 1 aromatic carbocycles. The first-order valence-corrected chi connectivity index (χ1v) is 7.63. The molecule has 0 atom stereocenters. The molecule has 1 aromatic heterocycles. The van der Waals surface area contributed by atoms with E-state index in [1.165, 1.54) is 0 Å². The quantitative estimate of drug-likeness (QED) is 0.786. The molecule has 2 rings (SSSR count). The Kier molecular flexibility index (Phi) is 4.97. The summed E-state index contributed by atoms with van der Waals surface area (Å²) in [5.74, 6) is -2.01. The van der Waals surface area contributed by atoms with Gasteiger partial charge in [0, 0.05) is 22.9 Å². The van der Waals surface area contributed by atoms with Crippen LogP contribution < -0.4 is 10.6 Å². The first-order chi connectivity index (χ1) is 11.6. The molecule has 0 spiro atoms. The van der Waals surface area contributed by atoms with Crippen molar-refractivity contribution in [2.45, 2.75) is 27.7 Å². The van der Waals surface area contributed by atoms with E-state index in [4.69, 9.17) is 9.52 Å². The lowest BCUT2D eigenvalue weighted by atomic mass is 9.95. The molecule has 3 N–H and O–H groups in total. The van der Waals surface area contributed by atoms with Gasteiger partial charge in [-0.25, -0.2) is 4.79 Å². The third-order valence-electron chi connectivity index (χ3n) is 3.50. The number of anilines is 2. The third kappa shape index (κ3) is 4.47. The molecule has 0 saturated carbocycles. The fourth-order valence-electron chi connectivity index (χ4n) is 1.90. The van der Waals surface area contributed by atoms with Crippen LogP contribution in [-0.2, 0) is 4.79 Å². The molecule has 25 heavy (non-hydrogen) atoms. The lowest BCUT2D eigenvalue weighted by Gasteiger charge is -2.19. The van der Waals surface area contributed by atoms with Gasteiger partial charge in [-0.2, -0.15) is 0 Å². The number of nitrogens with one attached hydrogen (secondary N) is 2. The molecule has 0 bridgehead atoms. The Morgan fingerprint density at radius 2 is 1.76 bits per heavy atom. The largest absolute Gasteiger partial charge is 0.478 e. The fourth-order valence-corrected chi connectivity index (χ4v) is 1.90. The second kappa shape index (κ2) is 6.80. The summed E-state index contributed by atoms with van der Waals surface area (Å²) in [5, 5.41) is 14.3. The van der Waals surface area contributed by atoms with E-state index in [0.717, 1.165) is 17.9 Å². The first kappa shape index (κ1) is 18.3. The molecule has 2 aromatic rings. The molecule has 132 valence electrons. The maximum Gasteiger partial charge on any atom is 0.338 e. The van der Waals surface area contributed by atoms with Crippen molar-refractivity contribution in [1.82, 2.24) is 0 Å². The highest BCUT2D eigenvalue weighted by Gasteiger charge is 2.22. The summed E-state index contributed by atoms with van der Waals surface area (Å²) in [5.41, 5.74) is 1.23. The number of furan rings is 1. The Morgan fingerprint density at radius 1 is 1.08 bits per heavy atom. The smallest absolute Gasteiger partial charge is 0.338 e. The average Bonchev–Trinajstić information content (AvgIpc) is 3.00. The van der Waals surface area contributed by atoms with E-state index < -0.39 is 17.3 Å². The van der Waals surface area contributed by atoms with Gasteiger partial charge < -0.3 is 20.2 Å². The Morgan fingerprint density at radius 3 is 2.32 bits per heavy atom. The monoisotopic (exact) mass is 344 g/mol. The number of aromatic carboxylic acids is 1. The zero-order valence-corrected chi connectivity index (χ0v) is 14.5. The van der Waals surface area contributed by atoms with Gasteiger partial charge in [-0.15, -0.1) is 0 Å². The number of carboxylic acids is 1. The highest BCUT2D eigenvalue weighted by Crippen LogP contribution is 2.24. The molecular weight excluding hydrogens is 324 g/mol. The van der Waals surface area contributed by atoms with Crippen molar-refractivity contribution in [3.8, 4) is 0 Å². The maximum atomic E-state index is 12.1. The number of hydrogen-bond acceptors (Lipinski definition) is 4. The number of rotatable bonds is 4. The van der Waals surface area contributed by atoms with Crippen molar-refractivity contribution in [3.63, 3.8) is 0 Å². The summed E-state index contributed by atoms with van der Waals surface area (Å²) in [4.78, 5) is 35.1. The van der Waals surface area contributed by atoms with Crippen LogP contribution in [0.3, 0.4) is 0 Å². The van der Waals surface area contributed by atoms with E-state index in [0.29, 0.717) is 11.4 Å². The average molecular weight is 344 g/mol. The van der Waals surface area contributed by atoms with E-state index in [9.17, 15) is 14.4 Å². The Hall–Kier alpha value is -3.09. The normalized spacial score (nSPS) is 11.0. The topological polar surface area (TPSA) is 109 Å². The predicted molar refractivity (Wildman–Crippen MR) is 92.9 cm³/mol. The molecule has 0 aliphatic carbocycles. The van der Waals surface area contributed by atoms with Crippen molar-refractivity contribution in [2.24, 2.45) is 5.41 Å². The van der Waals surface area contributed by atoms with Crippen molar-refractivity contribution >= 4 is 29.2 Å². The summed E-state index contributed by atoms with van der Waals surface area (Å²) in [6.07, 6.45) is 1.00. The zero-order valence-electron chi connectivity index (χ0n) is 14.5. The maximum absolute atomic E-state index is 12.1. The van der Waals surface area contributed by atoms with Gasteiger partial charge in [-0.1, -0.05) is 26.8 Å². The van der Waals surface area contributed by atoms with E-state index in [1.54, 1.807) is 39.0 Å². The standard InChI is InChI=1S/C18H20N2O5/c1-10-5-6-12(8-13(10)20-17(24)18(2,3)4)19-15(21)14-7-11(9-25-14)16(22)23/h5-9H,1-4H3,(H,19,21)(H,20,24)(H,22,23). The number of aryl methyl sites for hydroxylation is 1. The second-order valence-electron chi connectivity index (χ2n) is 6.69. The van der Waals surface area contributed by atoms with Crippen molar-refractivity contribution in [1.29, 1.82) is 0 Å². The minimum absolute atomic E-state index is 0.104. The third-order valence-corrected chi connectivity index (χ3v) is 3.50. The predicted octanol–water partition coefficient (Wildman–Crippen LogP) is 3.52. The van der Waals surface area contributed by atoms with Crippen LogP contribution in [0.15, 0.2) is 34.9 Å². The minimum Gasteiger partial charge on any atom is -0.478 e. The lowest BCUT2D eigenvalue weighted by Crippen LogP contribution is -2.28. The van der Waals surface area contributed by atoms with Crippen LogP contribution in [0.2, 0.25) is 0 Å². The van der Waals surface area contributed by atoms with Crippen molar-refractivity contribution in [2.75, 3.05) is 10.6 Å². The minimum atomic E-state index is -1.18. The summed E-state index contributed by atoms with van der Waals surface area (Å²) >= 11 is 0. The molecule has 0 radical (unpaired) electrons. The number of carboxylic acid groups (broad SMARTS) is 1. The van der Waals surface area contributed by atoms with Gasteiger partial charge in [-0.05, 0) is 24.6 Å². The molecule has 0 unspecified atom stereocenters. The summed E-state index contributed by atoms with van der Waals surface area (Å²) in [7, 11) is 0. The van der Waals surface area contributed by atoms with E-state index >= 15 is 0 Å². The van der Waals surface area contributed by atoms with Gasteiger partial charge in [-0.3, -0.25) is 9.59 Å². The number of hydrogen-bond donors (Lipinski definition) is 3. The van der Waals surface area contributed by atoms with Gasteiger partial charge in [0.25, 0.3) is 5.91 Å². The van der Waals surface area contributed by atoms with Crippen LogP contribution >= 0.6 is 0 Å². The molecule has 0 saturated heterocycles. The Labute approximate surface area is 145 Å². The molecular formula is C18H20N2O5. The van der Waals surface area contributed by atoms with E-state index in [1.807, 2.05) is 6.92 Å². The SMILES string of the molecule is Cc1ccc(NC(=O)c2cc(C(=O)O)co2)cc1NC(=O)C(C)(C)C. The molecule has 7 nitrogen and oxygen atoms in total. The van der Waals surface area contributed by atoms with Crippen LogP contribution in [0.25, 0.3) is 0 Å². The van der Waals surface area contributed by atoms with Crippen LogP contribution in [0, 0.1) is 12.3 Å². The number of carbonyl (C=O) groups excluding carboxylic acids is 2. The number of benzene rings is 1. The van der Waals surface area contributed by atoms with Crippen molar-refractivity contribution in [3.05, 3.63) is 47.4 Å². The number of carbonyl (C=O) groups is 3. The Bertz CT molecular complexity index is 830. The van der Waals surface area contributed by atoms with Gasteiger partial charge in [0.2, 0.25) is 5.91 Å². The van der Waals surface area contributed by atoms with Crippen LogP contribution in [-0.4, -0.2) is 22.9 Å². The second-order valence-corrected chi connectivity index (χ2v) is 6.69. The van der Waals surface area contributed by atoms with E-state index in [-0.39, 0.29) is 17.2 Å². The van der Waals surface area contributed by atoms with Gasteiger partial charge in [0.15, 0.2) is 5.76 Å². The highest BCUT2D eigenvalue weighted by atomic mass is 16.4. The van der Waals surface area contributed by atoms with Crippen molar-refractivity contribution < 1.29 is 23.9 Å². The van der Waals surface area contributed by atoms with Crippen LogP contribution in [0.4, 0.5) is 11.4 Å². The summed E-state index contributed by atoms with van der Waals surface area (Å²) in [6.45, 7) is 7.26. The lowest BCUT2D eigenvalue weighted by molar-refractivity contribution is -0.123. The molecule has 0 aliphatic rings. The van der Waals surface area contributed by atoms with Crippen LogP contribution in [0.1, 0.15) is 47.2 Å². The van der Waals surface area contributed by atoms with Gasteiger partial charge in [0.05, 0.1) is 5.56 Å². The fraction of sp³-hybridized carbons (Fsp3) is 0.278. The number of amides is 2. The summed E-state index contributed by atoms with van der Waals surface area (Å²) < 4.78 is 4.96. The molecule has 7 heteroatoms. The van der Waals surface area contributed by atoms with Crippen LogP contribution in [0.5, 0.6) is 0 Å².